The van der Waals surface area contributed by atoms with Crippen molar-refractivity contribution in [3.05, 3.63) is 35.9 Å². The molecule has 0 aliphatic rings. The lowest BCUT2D eigenvalue weighted by atomic mass is 10.1. The Bertz CT molecular complexity index is 492. The fourth-order valence-electron chi connectivity index (χ4n) is 1.54. The van der Waals surface area contributed by atoms with Gasteiger partial charge in [0.25, 0.3) is 0 Å². The lowest BCUT2D eigenvalue weighted by Crippen LogP contribution is -1.94. The molecule has 0 aliphatic carbocycles. The number of methoxy groups -OCH3 is 1. The maximum Gasteiger partial charge on any atom is 0.208 e. The van der Waals surface area contributed by atoms with Gasteiger partial charge in [0.05, 0.1) is 25.4 Å². The average Bonchev–Trinajstić information content (AvgIpc) is 2.77. The van der Waals surface area contributed by atoms with Crippen molar-refractivity contribution in [1.82, 2.24) is 4.98 Å². The predicted octanol–water partition coefficient (Wildman–Crippen LogP) is 2.12. The van der Waals surface area contributed by atoms with Crippen LogP contribution in [-0.4, -0.2) is 12.1 Å². The summed E-state index contributed by atoms with van der Waals surface area (Å²) in [6.07, 6.45) is 1.67. The Kier molecular flexibility index (Phi) is 2.92. The quantitative estimate of drug-likeness (QED) is 0.857. The number of hydrogen-bond acceptors (Lipinski definition) is 4. The lowest BCUT2D eigenvalue weighted by molar-refractivity contribution is 0.413. The minimum absolute atomic E-state index is 0.300. The molecule has 84 valence electrons. The van der Waals surface area contributed by atoms with Crippen LogP contribution in [0.15, 0.2) is 28.8 Å². The zero-order valence-electron chi connectivity index (χ0n) is 9.36. The molecule has 0 aliphatic heterocycles. The number of ether oxygens (including phenoxy) is 1. The summed E-state index contributed by atoms with van der Waals surface area (Å²) in [4.78, 5) is 4.07. The number of benzene rings is 1. The van der Waals surface area contributed by atoms with Crippen molar-refractivity contribution in [3.8, 4) is 17.1 Å². The van der Waals surface area contributed by atoms with Crippen molar-refractivity contribution in [2.45, 2.75) is 13.5 Å². The Morgan fingerprint density at radius 1 is 1.44 bits per heavy atom. The molecule has 16 heavy (non-hydrogen) atoms. The van der Waals surface area contributed by atoms with Crippen molar-refractivity contribution in [2.24, 2.45) is 5.73 Å². The van der Waals surface area contributed by atoms with Gasteiger partial charge < -0.3 is 14.9 Å². The standard InChI is InChI=1S/C12H14N2O2/c1-8-3-4-10(15-2)9(5-8)11-7-14-12(6-13)16-11/h3-5,7H,6,13H2,1-2H3. The normalized spacial score (nSPS) is 10.4. The van der Waals surface area contributed by atoms with Crippen LogP contribution >= 0.6 is 0 Å². The molecule has 2 N–H and O–H groups in total. The maximum atomic E-state index is 5.50. The highest BCUT2D eigenvalue weighted by Gasteiger charge is 2.10. The lowest BCUT2D eigenvalue weighted by Gasteiger charge is -2.06. The van der Waals surface area contributed by atoms with Crippen LogP contribution in [0.1, 0.15) is 11.5 Å². The van der Waals surface area contributed by atoms with Gasteiger partial charge in [-0.15, -0.1) is 0 Å². The van der Waals surface area contributed by atoms with Crippen molar-refractivity contribution < 1.29 is 9.15 Å². The monoisotopic (exact) mass is 218 g/mol. The smallest absolute Gasteiger partial charge is 0.208 e. The first kappa shape index (κ1) is 10.7. The first-order chi connectivity index (χ1) is 7.74. The third-order valence-electron chi connectivity index (χ3n) is 2.35. The minimum Gasteiger partial charge on any atom is -0.496 e. The van der Waals surface area contributed by atoms with Gasteiger partial charge in [-0.25, -0.2) is 4.98 Å². The highest BCUT2D eigenvalue weighted by atomic mass is 16.5. The summed E-state index contributed by atoms with van der Waals surface area (Å²) in [6, 6.07) is 5.90. The second kappa shape index (κ2) is 4.37. The number of nitrogens with two attached hydrogens (primary N) is 1. The first-order valence-electron chi connectivity index (χ1n) is 5.04. The van der Waals surface area contributed by atoms with Gasteiger partial charge >= 0.3 is 0 Å². The molecule has 0 fully saturated rings. The third kappa shape index (κ3) is 1.92. The summed E-state index contributed by atoms with van der Waals surface area (Å²) < 4.78 is 10.8. The maximum absolute atomic E-state index is 5.50. The van der Waals surface area contributed by atoms with E-state index in [0.29, 0.717) is 18.2 Å². The van der Waals surface area contributed by atoms with Crippen molar-refractivity contribution in [1.29, 1.82) is 0 Å². The molecule has 0 amide bonds. The second-order valence-electron chi connectivity index (χ2n) is 3.53. The Labute approximate surface area is 94.1 Å². The Hall–Kier alpha value is -1.81. The van der Waals surface area contributed by atoms with Gasteiger partial charge in [-0.05, 0) is 19.1 Å². The molecule has 4 heteroatoms. The summed E-state index contributed by atoms with van der Waals surface area (Å²) in [7, 11) is 1.63. The topological polar surface area (TPSA) is 61.3 Å². The van der Waals surface area contributed by atoms with Gasteiger partial charge in [0.15, 0.2) is 5.76 Å². The van der Waals surface area contributed by atoms with E-state index in [1.807, 2.05) is 25.1 Å². The summed E-state index contributed by atoms with van der Waals surface area (Å²) >= 11 is 0. The molecule has 0 saturated carbocycles. The molecule has 1 heterocycles. The van der Waals surface area contributed by atoms with Gasteiger partial charge in [-0.3, -0.25) is 0 Å². The Balaban J connectivity index is 2.49. The Morgan fingerprint density at radius 2 is 2.25 bits per heavy atom. The number of nitrogens with zero attached hydrogens (tertiary/aromatic N) is 1. The number of rotatable bonds is 3. The van der Waals surface area contributed by atoms with Crippen LogP contribution in [0.3, 0.4) is 0 Å². The highest BCUT2D eigenvalue weighted by molar-refractivity contribution is 5.66. The van der Waals surface area contributed by atoms with E-state index in [1.165, 1.54) is 0 Å². The largest absolute Gasteiger partial charge is 0.496 e. The molecule has 1 aromatic heterocycles. The molecular weight excluding hydrogens is 204 g/mol. The molecule has 0 radical (unpaired) electrons. The van der Waals surface area contributed by atoms with Crippen molar-refractivity contribution >= 4 is 0 Å². The van der Waals surface area contributed by atoms with Gasteiger partial charge in [-0.2, -0.15) is 0 Å². The highest BCUT2D eigenvalue weighted by Crippen LogP contribution is 2.31. The molecule has 2 rings (SSSR count). The molecule has 0 unspecified atom stereocenters. The van der Waals surface area contributed by atoms with Crippen LogP contribution in [-0.2, 0) is 6.54 Å². The summed E-state index contributed by atoms with van der Waals surface area (Å²) in [5, 5.41) is 0. The average molecular weight is 218 g/mol. The summed E-state index contributed by atoms with van der Waals surface area (Å²) in [5.41, 5.74) is 7.49. The molecule has 0 atom stereocenters. The summed E-state index contributed by atoms with van der Waals surface area (Å²) in [6.45, 7) is 2.32. The summed E-state index contributed by atoms with van der Waals surface area (Å²) in [5.74, 6) is 1.98. The van der Waals surface area contributed by atoms with Gasteiger partial charge in [-0.1, -0.05) is 11.6 Å². The van der Waals surface area contributed by atoms with E-state index >= 15 is 0 Å². The molecular formula is C12H14N2O2. The molecule has 0 bridgehead atoms. The van der Waals surface area contributed by atoms with Crippen LogP contribution in [0, 0.1) is 6.92 Å². The number of aryl methyl sites for hydroxylation is 1. The van der Waals surface area contributed by atoms with E-state index in [-0.39, 0.29) is 0 Å². The molecule has 0 spiro atoms. The van der Waals surface area contributed by atoms with E-state index in [0.717, 1.165) is 16.9 Å². The van der Waals surface area contributed by atoms with Crippen LogP contribution in [0.5, 0.6) is 5.75 Å². The van der Waals surface area contributed by atoms with Crippen molar-refractivity contribution in [3.63, 3.8) is 0 Å². The fraction of sp³-hybridized carbons (Fsp3) is 0.250. The predicted molar refractivity (Wildman–Crippen MR) is 61.1 cm³/mol. The van der Waals surface area contributed by atoms with E-state index < -0.39 is 0 Å². The van der Waals surface area contributed by atoms with Crippen LogP contribution in [0.4, 0.5) is 0 Å². The van der Waals surface area contributed by atoms with Gasteiger partial charge in [0, 0.05) is 0 Å². The van der Waals surface area contributed by atoms with Crippen LogP contribution in [0.25, 0.3) is 11.3 Å². The van der Waals surface area contributed by atoms with Crippen molar-refractivity contribution in [2.75, 3.05) is 7.11 Å². The van der Waals surface area contributed by atoms with E-state index in [1.54, 1.807) is 13.3 Å². The van der Waals surface area contributed by atoms with E-state index in [9.17, 15) is 0 Å². The number of aromatic nitrogens is 1. The van der Waals surface area contributed by atoms with E-state index in [4.69, 9.17) is 14.9 Å². The minimum atomic E-state index is 0.300. The molecule has 4 nitrogen and oxygen atoms in total. The molecule has 2 aromatic rings. The SMILES string of the molecule is COc1ccc(C)cc1-c1cnc(CN)o1. The third-order valence-corrected chi connectivity index (χ3v) is 2.35. The van der Waals surface area contributed by atoms with E-state index in [2.05, 4.69) is 4.98 Å². The second-order valence-corrected chi connectivity index (χ2v) is 3.53. The van der Waals surface area contributed by atoms with Crippen LogP contribution < -0.4 is 10.5 Å². The van der Waals surface area contributed by atoms with Gasteiger partial charge in [0.1, 0.15) is 5.75 Å². The van der Waals surface area contributed by atoms with Gasteiger partial charge in [0.2, 0.25) is 5.89 Å². The molecule has 0 saturated heterocycles. The Morgan fingerprint density at radius 3 is 2.88 bits per heavy atom. The molecule has 1 aromatic carbocycles. The fourth-order valence-corrected chi connectivity index (χ4v) is 1.54. The number of oxazole rings is 1. The zero-order chi connectivity index (χ0) is 11.5. The zero-order valence-corrected chi connectivity index (χ0v) is 9.36. The van der Waals surface area contributed by atoms with Crippen LogP contribution in [0.2, 0.25) is 0 Å². The first-order valence-corrected chi connectivity index (χ1v) is 5.04. The number of hydrogen-bond donors (Lipinski definition) is 1.